The van der Waals surface area contributed by atoms with Crippen molar-refractivity contribution in [2.24, 2.45) is 0 Å². The molecule has 0 saturated carbocycles. The van der Waals surface area contributed by atoms with Gasteiger partial charge in [0.15, 0.2) is 0 Å². The first-order chi connectivity index (χ1) is 9.18. The molecule has 1 saturated heterocycles. The van der Waals surface area contributed by atoms with Crippen LogP contribution in [0.2, 0.25) is 0 Å². The van der Waals surface area contributed by atoms with Crippen LogP contribution >= 0.6 is 0 Å². The number of phenolic OH excluding ortho intramolecular Hbond substituents is 1. The maximum Gasteiger partial charge on any atom is 0.119 e. The Kier molecular flexibility index (Phi) is 3.50. The van der Waals surface area contributed by atoms with Crippen molar-refractivity contribution in [1.29, 1.82) is 0 Å². The summed E-state index contributed by atoms with van der Waals surface area (Å²) in [5, 5.41) is 10.0. The maximum atomic E-state index is 10.0. The van der Waals surface area contributed by atoms with Crippen molar-refractivity contribution in [2.45, 2.75) is 50.8 Å². The van der Waals surface area contributed by atoms with Crippen LogP contribution in [0.15, 0.2) is 18.2 Å². The average Bonchev–Trinajstić information content (AvgIpc) is 2.84. The predicted octanol–water partition coefficient (Wildman–Crippen LogP) is 2.88. The van der Waals surface area contributed by atoms with E-state index in [1.807, 2.05) is 12.1 Å². The summed E-state index contributed by atoms with van der Waals surface area (Å²) < 4.78 is 5.70. The molecular formula is C16H23NO2. The third-order valence-electron chi connectivity index (χ3n) is 4.80. The van der Waals surface area contributed by atoms with Crippen molar-refractivity contribution < 1.29 is 9.84 Å². The number of ether oxygens (including phenoxy) is 1. The number of nitrogens with zero attached hydrogens (tertiary/aromatic N) is 1. The summed E-state index contributed by atoms with van der Waals surface area (Å²) in [5.41, 5.74) is 2.46. The summed E-state index contributed by atoms with van der Waals surface area (Å²) in [6.07, 6.45) is 4.76. The number of hydrogen-bond acceptors (Lipinski definition) is 3. The van der Waals surface area contributed by atoms with Crippen LogP contribution < -0.4 is 0 Å². The Morgan fingerprint density at radius 1 is 1.32 bits per heavy atom. The number of benzene rings is 1. The Balaban J connectivity index is 1.89. The number of aromatic hydroxyl groups is 1. The van der Waals surface area contributed by atoms with Crippen LogP contribution in [0.1, 0.15) is 43.4 Å². The van der Waals surface area contributed by atoms with Crippen LogP contribution in [0.25, 0.3) is 0 Å². The molecular weight excluding hydrogens is 238 g/mol. The van der Waals surface area contributed by atoms with Crippen molar-refractivity contribution in [3.63, 3.8) is 0 Å². The summed E-state index contributed by atoms with van der Waals surface area (Å²) in [6.45, 7) is 3.04. The molecule has 2 aliphatic rings. The highest BCUT2D eigenvalue weighted by molar-refractivity contribution is 5.42. The lowest BCUT2D eigenvalue weighted by molar-refractivity contribution is 0.0632. The summed E-state index contributed by atoms with van der Waals surface area (Å²) in [6, 6.07) is 6.87. The number of likely N-dealkylation sites (N-methyl/N-ethyl adjacent to an activating group) is 1. The Bertz CT molecular complexity index is 460. The number of fused-ring (bicyclic) bond motifs is 1. The Morgan fingerprint density at radius 3 is 2.89 bits per heavy atom. The molecule has 1 aromatic rings. The normalized spacial score (nSPS) is 30.6. The van der Waals surface area contributed by atoms with Crippen molar-refractivity contribution in [3.05, 3.63) is 29.3 Å². The standard InChI is InChI=1S/C16H23NO2/c1-11-14(9-10-19-11)17(2)15-7-3-6-13-12(15)5-4-8-16(13)18/h4-5,8,11,14-15,18H,3,6-7,9-10H2,1-2H3. The van der Waals surface area contributed by atoms with Crippen LogP contribution in [0, 0.1) is 0 Å². The summed E-state index contributed by atoms with van der Waals surface area (Å²) in [4.78, 5) is 2.47. The highest BCUT2D eigenvalue weighted by Crippen LogP contribution is 2.39. The molecule has 3 heteroatoms. The van der Waals surface area contributed by atoms with Gasteiger partial charge in [0.2, 0.25) is 0 Å². The van der Waals surface area contributed by atoms with E-state index >= 15 is 0 Å². The maximum absolute atomic E-state index is 10.0. The van der Waals surface area contributed by atoms with E-state index in [2.05, 4.69) is 24.9 Å². The van der Waals surface area contributed by atoms with Crippen molar-refractivity contribution in [3.8, 4) is 5.75 Å². The van der Waals surface area contributed by atoms with Gasteiger partial charge in [-0.2, -0.15) is 0 Å². The Morgan fingerprint density at radius 2 is 2.16 bits per heavy atom. The highest BCUT2D eigenvalue weighted by Gasteiger charge is 2.34. The molecule has 1 aliphatic heterocycles. The minimum atomic E-state index is 0.313. The highest BCUT2D eigenvalue weighted by atomic mass is 16.5. The van der Waals surface area contributed by atoms with Gasteiger partial charge in [-0.25, -0.2) is 0 Å². The molecule has 0 radical (unpaired) electrons. The first-order valence-electron chi connectivity index (χ1n) is 7.33. The van der Waals surface area contributed by atoms with Crippen LogP contribution in [0.3, 0.4) is 0 Å². The zero-order valence-corrected chi connectivity index (χ0v) is 11.8. The summed E-state index contributed by atoms with van der Waals surface area (Å²) in [5.74, 6) is 0.464. The summed E-state index contributed by atoms with van der Waals surface area (Å²) in [7, 11) is 2.21. The third kappa shape index (κ3) is 2.26. The number of phenols is 1. The lowest BCUT2D eigenvalue weighted by Gasteiger charge is -2.38. The van der Waals surface area contributed by atoms with E-state index < -0.39 is 0 Å². The Labute approximate surface area is 115 Å². The van der Waals surface area contributed by atoms with Crippen LogP contribution in [0.5, 0.6) is 5.75 Å². The second-order valence-electron chi connectivity index (χ2n) is 5.85. The van der Waals surface area contributed by atoms with Gasteiger partial charge in [-0.1, -0.05) is 12.1 Å². The van der Waals surface area contributed by atoms with Crippen molar-refractivity contribution in [1.82, 2.24) is 4.90 Å². The molecule has 3 unspecified atom stereocenters. The fourth-order valence-electron chi connectivity index (χ4n) is 3.71. The monoisotopic (exact) mass is 261 g/mol. The number of hydrogen-bond donors (Lipinski definition) is 1. The lowest BCUT2D eigenvalue weighted by atomic mass is 9.85. The van der Waals surface area contributed by atoms with E-state index in [0.717, 1.165) is 31.4 Å². The van der Waals surface area contributed by atoms with E-state index in [-0.39, 0.29) is 0 Å². The van der Waals surface area contributed by atoms with E-state index in [1.165, 1.54) is 12.0 Å². The summed E-state index contributed by atoms with van der Waals surface area (Å²) >= 11 is 0. The zero-order valence-electron chi connectivity index (χ0n) is 11.8. The molecule has 0 bridgehead atoms. The molecule has 104 valence electrons. The van der Waals surface area contributed by atoms with Gasteiger partial charge in [-0.15, -0.1) is 0 Å². The zero-order chi connectivity index (χ0) is 13.4. The second kappa shape index (κ2) is 5.14. The fraction of sp³-hybridized carbons (Fsp3) is 0.625. The van der Waals surface area contributed by atoms with Gasteiger partial charge in [0.25, 0.3) is 0 Å². The van der Waals surface area contributed by atoms with Gasteiger partial charge in [-0.05, 0) is 56.8 Å². The molecule has 1 aromatic carbocycles. The van der Waals surface area contributed by atoms with Gasteiger partial charge in [0.05, 0.1) is 6.10 Å². The molecule has 0 aromatic heterocycles. The second-order valence-corrected chi connectivity index (χ2v) is 5.85. The van der Waals surface area contributed by atoms with E-state index in [1.54, 1.807) is 0 Å². The van der Waals surface area contributed by atoms with Gasteiger partial charge < -0.3 is 9.84 Å². The minimum Gasteiger partial charge on any atom is -0.508 e. The largest absolute Gasteiger partial charge is 0.508 e. The Hall–Kier alpha value is -1.06. The predicted molar refractivity (Wildman–Crippen MR) is 75.4 cm³/mol. The molecule has 3 atom stereocenters. The molecule has 1 fully saturated rings. The van der Waals surface area contributed by atoms with E-state index in [4.69, 9.17) is 4.74 Å². The lowest BCUT2D eigenvalue weighted by Crippen LogP contribution is -2.40. The third-order valence-corrected chi connectivity index (χ3v) is 4.80. The van der Waals surface area contributed by atoms with E-state index in [9.17, 15) is 5.11 Å². The van der Waals surface area contributed by atoms with Gasteiger partial charge in [0, 0.05) is 18.7 Å². The molecule has 3 rings (SSSR count). The van der Waals surface area contributed by atoms with Gasteiger partial charge in [0.1, 0.15) is 5.75 Å². The molecule has 1 heterocycles. The topological polar surface area (TPSA) is 32.7 Å². The van der Waals surface area contributed by atoms with E-state index in [0.29, 0.717) is 23.9 Å². The SMILES string of the molecule is CC1OCCC1N(C)C1CCCc2c(O)cccc21. The quantitative estimate of drug-likeness (QED) is 0.888. The molecule has 0 spiro atoms. The average molecular weight is 261 g/mol. The molecule has 3 nitrogen and oxygen atoms in total. The smallest absolute Gasteiger partial charge is 0.119 e. The minimum absolute atomic E-state index is 0.313. The van der Waals surface area contributed by atoms with Crippen LogP contribution in [-0.4, -0.2) is 35.8 Å². The first-order valence-corrected chi connectivity index (χ1v) is 7.33. The van der Waals surface area contributed by atoms with Gasteiger partial charge >= 0.3 is 0 Å². The number of rotatable bonds is 2. The molecule has 1 aliphatic carbocycles. The van der Waals surface area contributed by atoms with Crippen molar-refractivity contribution >= 4 is 0 Å². The molecule has 1 N–H and O–H groups in total. The first kappa shape index (κ1) is 12.9. The molecule has 19 heavy (non-hydrogen) atoms. The van der Waals surface area contributed by atoms with Gasteiger partial charge in [-0.3, -0.25) is 4.90 Å². The van der Waals surface area contributed by atoms with Crippen LogP contribution in [0.4, 0.5) is 0 Å². The fourth-order valence-corrected chi connectivity index (χ4v) is 3.71. The van der Waals surface area contributed by atoms with Crippen molar-refractivity contribution in [2.75, 3.05) is 13.7 Å². The van der Waals surface area contributed by atoms with Crippen LogP contribution in [-0.2, 0) is 11.2 Å². The molecule has 0 amide bonds.